The molecule has 2 unspecified atom stereocenters. The van der Waals surface area contributed by atoms with Crippen LogP contribution < -0.4 is 0 Å². The molecular weight excluding hydrogens is 344 g/mol. The Bertz CT molecular complexity index is 843. The average Bonchev–Trinajstić information content (AvgIpc) is 3.07. The Morgan fingerprint density at radius 1 is 0.741 bits per heavy atom. The summed E-state index contributed by atoms with van der Waals surface area (Å²) in [5, 5.41) is 8.91. The maximum absolute atomic E-state index is 13.4. The number of halogens is 2. The summed E-state index contributed by atoms with van der Waals surface area (Å²) >= 11 is 0. The van der Waals surface area contributed by atoms with E-state index in [4.69, 9.17) is 0 Å². The molecule has 5 heteroatoms. The van der Waals surface area contributed by atoms with Crippen LogP contribution in [0.2, 0.25) is 0 Å². The topological polar surface area (TPSA) is 30.7 Å². The lowest BCUT2D eigenvalue weighted by Gasteiger charge is -2.37. The van der Waals surface area contributed by atoms with Crippen LogP contribution in [-0.4, -0.2) is 14.8 Å². The second kappa shape index (κ2) is 7.22. The molecule has 1 fully saturated rings. The molecule has 4 rings (SSSR count). The molecule has 1 aromatic heterocycles. The van der Waals surface area contributed by atoms with Crippen molar-refractivity contribution >= 4 is 0 Å². The van der Waals surface area contributed by atoms with Crippen molar-refractivity contribution in [3.05, 3.63) is 60.2 Å². The normalized spacial score (nSPS) is 22.7. The molecule has 0 bridgehead atoms. The lowest BCUT2D eigenvalue weighted by Crippen LogP contribution is -2.29. The van der Waals surface area contributed by atoms with Gasteiger partial charge >= 0.3 is 0 Å². The zero-order valence-electron chi connectivity index (χ0n) is 15.6. The smallest absolute Gasteiger partial charge is 0.164 e. The Morgan fingerprint density at radius 2 is 1.15 bits per heavy atom. The molecule has 2 atom stereocenters. The van der Waals surface area contributed by atoms with Crippen molar-refractivity contribution < 1.29 is 8.78 Å². The standard InChI is InChI=1S/C22H23F2N3/c1-14-4-3-5-15(2)20(14)27-21(16-6-10-18(23)11-7-16)25-26-22(27)17-8-12-19(24)13-9-17/h6-15,20H,3-5H2,1-2H3. The number of benzene rings is 2. The maximum atomic E-state index is 13.4. The first-order chi connectivity index (χ1) is 13.0. The first-order valence-corrected chi connectivity index (χ1v) is 9.51. The van der Waals surface area contributed by atoms with Crippen LogP contribution in [0.4, 0.5) is 8.78 Å². The molecular formula is C22H23F2N3. The van der Waals surface area contributed by atoms with Crippen molar-refractivity contribution in [2.45, 2.75) is 39.2 Å². The van der Waals surface area contributed by atoms with Gasteiger partial charge in [0.15, 0.2) is 11.6 Å². The van der Waals surface area contributed by atoms with E-state index in [-0.39, 0.29) is 17.7 Å². The van der Waals surface area contributed by atoms with Crippen LogP contribution in [0.5, 0.6) is 0 Å². The van der Waals surface area contributed by atoms with Gasteiger partial charge < -0.3 is 4.57 Å². The summed E-state index contributed by atoms with van der Waals surface area (Å²) in [6.07, 6.45) is 3.52. The molecule has 0 saturated heterocycles. The van der Waals surface area contributed by atoms with E-state index in [2.05, 4.69) is 28.6 Å². The molecule has 27 heavy (non-hydrogen) atoms. The fraction of sp³-hybridized carbons (Fsp3) is 0.364. The summed E-state index contributed by atoms with van der Waals surface area (Å²) in [4.78, 5) is 0. The van der Waals surface area contributed by atoms with Gasteiger partial charge in [0.05, 0.1) is 0 Å². The third-order valence-electron chi connectivity index (χ3n) is 5.68. The highest BCUT2D eigenvalue weighted by Gasteiger charge is 2.33. The molecule has 0 spiro atoms. The fourth-order valence-corrected chi connectivity index (χ4v) is 4.34. The summed E-state index contributed by atoms with van der Waals surface area (Å²) in [5.41, 5.74) is 1.67. The van der Waals surface area contributed by atoms with E-state index >= 15 is 0 Å². The Kier molecular flexibility index (Phi) is 4.77. The zero-order chi connectivity index (χ0) is 19.0. The van der Waals surface area contributed by atoms with Gasteiger partial charge in [-0.25, -0.2) is 8.78 Å². The second-order valence-electron chi connectivity index (χ2n) is 7.61. The van der Waals surface area contributed by atoms with Gasteiger partial charge in [-0.3, -0.25) is 0 Å². The highest BCUT2D eigenvalue weighted by atomic mass is 19.1. The fourth-order valence-electron chi connectivity index (χ4n) is 4.34. The van der Waals surface area contributed by atoms with E-state index in [1.54, 1.807) is 24.3 Å². The van der Waals surface area contributed by atoms with Crippen LogP contribution in [0.15, 0.2) is 48.5 Å². The molecule has 2 aromatic carbocycles. The number of hydrogen-bond donors (Lipinski definition) is 0. The van der Waals surface area contributed by atoms with Crippen LogP contribution in [0, 0.1) is 23.5 Å². The first kappa shape index (κ1) is 17.8. The summed E-state index contributed by atoms with van der Waals surface area (Å²) < 4.78 is 29.0. The van der Waals surface area contributed by atoms with E-state index in [1.807, 2.05) is 0 Å². The molecule has 1 aliphatic rings. The van der Waals surface area contributed by atoms with Crippen molar-refractivity contribution in [3.8, 4) is 22.8 Å². The van der Waals surface area contributed by atoms with Crippen LogP contribution in [-0.2, 0) is 0 Å². The average molecular weight is 367 g/mol. The van der Waals surface area contributed by atoms with Crippen LogP contribution in [0.25, 0.3) is 22.8 Å². The highest BCUT2D eigenvalue weighted by molar-refractivity contribution is 5.63. The third-order valence-corrected chi connectivity index (χ3v) is 5.68. The number of aromatic nitrogens is 3. The van der Waals surface area contributed by atoms with Crippen molar-refractivity contribution in [3.63, 3.8) is 0 Å². The summed E-state index contributed by atoms with van der Waals surface area (Å²) in [6, 6.07) is 13.0. The lowest BCUT2D eigenvalue weighted by atomic mass is 9.78. The molecule has 3 aromatic rings. The van der Waals surface area contributed by atoms with Crippen LogP contribution >= 0.6 is 0 Å². The van der Waals surface area contributed by atoms with Crippen LogP contribution in [0.3, 0.4) is 0 Å². The molecule has 1 aliphatic carbocycles. The molecule has 0 N–H and O–H groups in total. The third kappa shape index (κ3) is 3.38. The number of nitrogens with zero attached hydrogens (tertiary/aromatic N) is 3. The van der Waals surface area contributed by atoms with E-state index < -0.39 is 0 Å². The SMILES string of the molecule is CC1CCCC(C)C1n1c(-c2ccc(F)cc2)nnc1-c1ccc(F)cc1. The number of rotatable bonds is 3. The molecule has 140 valence electrons. The highest BCUT2D eigenvalue weighted by Crippen LogP contribution is 2.42. The van der Waals surface area contributed by atoms with Crippen molar-refractivity contribution in [2.75, 3.05) is 0 Å². The van der Waals surface area contributed by atoms with Crippen molar-refractivity contribution in [1.29, 1.82) is 0 Å². The predicted octanol–water partition coefficient (Wildman–Crippen LogP) is 5.89. The second-order valence-corrected chi connectivity index (χ2v) is 7.61. The van der Waals surface area contributed by atoms with E-state index in [0.29, 0.717) is 11.8 Å². The van der Waals surface area contributed by atoms with Crippen LogP contribution in [0.1, 0.15) is 39.2 Å². The molecule has 3 nitrogen and oxygen atoms in total. The maximum Gasteiger partial charge on any atom is 0.164 e. The summed E-state index contributed by atoms with van der Waals surface area (Å²) in [7, 11) is 0. The van der Waals surface area contributed by atoms with Crippen molar-refractivity contribution in [1.82, 2.24) is 14.8 Å². The van der Waals surface area contributed by atoms with Gasteiger partial charge in [0, 0.05) is 17.2 Å². The molecule has 0 aliphatic heterocycles. The van der Waals surface area contributed by atoms with Gasteiger partial charge in [-0.1, -0.05) is 20.3 Å². The monoisotopic (exact) mass is 367 g/mol. The Balaban J connectivity index is 1.89. The predicted molar refractivity (Wildman–Crippen MR) is 102 cm³/mol. The molecule has 0 radical (unpaired) electrons. The summed E-state index contributed by atoms with van der Waals surface area (Å²) in [5.74, 6) is 1.87. The van der Waals surface area contributed by atoms with Gasteiger partial charge in [-0.05, 0) is 73.2 Å². The Morgan fingerprint density at radius 3 is 1.56 bits per heavy atom. The quantitative estimate of drug-likeness (QED) is 0.578. The van der Waals surface area contributed by atoms with Gasteiger partial charge in [0.1, 0.15) is 11.6 Å². The van der Waals surface area contributed by atoms with Crippen molar-refractivity contribution in [2.24, 2.45) is 11.8 Å². The molecule has 0 amide bonds. The first-order valence-electron chi connectivity index (χ1n) is 9.51. The zero-order valence-corrected chi connectivity index (χ0v) is 15.6. The van der Waals surface area contributed by atoms with Gasteiger partial charge in [0.25, 0.3) is 0 Å². The minimum Gasteiger partial charge on any atom is -0.303 e. The van der Waals surface area contributed by atoms with Gasteiger partial charge in [-0.15, -0.1) is 10.2 Å². The Hall–Kier alpha value is -2.56. The largest absolute Gasteiger partial charge is 0.303 e. The van der Waals surface area contributed by atoms with E-state index in [0.717, 1.165) is 35.6 Å². The Labute approximate surface area is 158 Å². The molecule has 1 heterocycles. The van der Waals surface area contributed by atoms with Gasteiger partial charge in [0.2, 0.25) is 0 Å². The van der Waals surface area contributed by atoms with E-state index in [9.17, 15) is 8.78 Å². The van der Waals surface area contributed by atoms with Gasteiger partial charge in [-0.2, -0.15) is 0 Å². The summed E-state index contributed by atoms with van der Waals surface area (Å²) in [6.45, 7) is 4.53. The number of hydrogen-bond acceptors (Lipinski definition) is 2. The molecule has 1 saturated carbocycles. The van der Waals surface area contributed by atoms with E-state index in [1.165, 1.54) is 30.7 Å². The minimum absolute atomic E-state index is 0.244. The lowest BCUT2D eigenvalue weighted by molar-refractivity contribution is 0.186. The minimum atomic E-state index is -0.275.